The summed E-state index contributed by atoms with van der Waals surface area (Å²) in [7, 11) is -3.67. The molecule has 0 heterocycles. The van der Waals surface area contributed by atoms with Crippen molar-refractivity contribution < 1.29 is 22.1 Å². The summed E-state index contributed by atoms with van der Waals surface area (Å²) in [5.74, 6) is -1.36. The molecule has 0 bridgehead atoms. The maximum Gasteiger partial charge on any atom is 0.303 e. The fraction of sp³-hybridized carbons (Fsp3) is 0.800. The quantitative estimate of drug-likeness (QED) is 0.501. The van der Waals surface area contributed by atoms with Gasteiger partial charge in [-0.25, -0.2) is 0 Å². The zero-order valence-electron chi connectivity index (χ0n) is 6.77. The van der Waals surface area contributed by atoms with Crippen LogP contribution in [0.3, 0.4) is 0 Å². The molecule has 0 N–H and O–H groups in total. The summed E-state index contributed by atoms with van der Waals surface area (Å²) in [5, 5.41) is 0. The lowest BCUT2D eigenvalue weighted by atomic mass is 10.8. The Bertz CT molecular complexity index is 222. The fourth-order valence-corrected chi connectivity index (χ4v) is 1.11. The Hall–Kier alpha value is -0.330. The summed E-state index contributed by atoms with van der Waals surface area (Å²) >= 11 is 0. The molecule has 0 saturated carbocycles. The van der Waals surface area contributed by atoms with E-state index in [0.717, 1.165) is 6.92 Å². The molecular weight excluding hydrogens is 208 g/mol. The average Bonchev–Trinajstić information content (AvgIpc) is 1.84. The van der Waals surface area contributed by atoms with Gasteiger partial charge in [0, 0.05) is 6.92 Å². The predicted octanol–water partition coefficient (Wildman–Crippen LogP) is 0.295. The van der Waals surface area contributed by atoms with E-state index in [9.17, 15) is 13.2 Å². The zero-order chi connectivity index (χ0) is 8.91. The van der Waals surface area contributed by atoms with Gasteiger partial charge in [0.1, 0.15) is 0 Å². The molecule has 0 rings (SSSR count). The number of carbonyl (C=O) groups excluding carboxylic acids is 1. The highest BCUT2D eigenvalue weighted by Gasteiger charge is 2.11. The lowest BCUT2D eigenvalue weighted by Crippen LogP contribution is -2.15. The smallest absolute Gasteiger partial charge is 0.303 e. The Morgan fingerprint density at radius 2 is 1.92 bits per heavy atom. The minimum atomic E-state index is -3.67. The number of hydrogen-bond donors (Lipinski definition) is 0. The number of rotatable bonds is 4. The van der Waals surface area contributed by atoms with Crippen LogP contribution in [0.15, 0.2) is 0 Å². The highest BCUT2D eigenvalue weighted by molar-refractivity contribution is 7.86. The van der Waals surface area contributed by atoms with Crippen LogP contribution >= 0.6 is 12.4 Å². The molecule has 0 aliphatic rings. The van der Waals surface area contributed by atoms with Crippen LogP contribution in [-0.4, -0.2) is 26.9 Å². The molecule has 0 aromatic rings. The van der Waals surface area contributed by atoms with Gasteiger partial charge < -0.3 is 4.74 Å². The van der Waals surface area contributed by atoms with Crippen molar-refractivity contribution >= 4 is 28.5 Å². The van der Waals surface area contributed by atoms with Crippen LogP contribution in [0.25, 0.3) is 0 Å². The lowest BCUT2D eigenvalue weighted by molar-refractivity contribution is -0.139. The van der Waals surface area contributed by atoms with E-state index in [2.05, 4.69) is 8.92 Å². The molecule has 0 fully saturated rings. The number of hydrogen-bond acceptors (Lipinski definition) is 5. The van der Waals surface area contributed by atoms with Crippen LogP contribution < -0.4 is 0 Å². The zero-order valence-corrected chi connectivity index (χ0v) is 8.40. The van der Waals surface area contributed by atoms with E-state index in [1.54, 1.807) is 0 Å². The summed E-state index contributed by atoms with van der Waals surface area (Å²) in [6.07, 6.45) is 0. The Kier molecular flexibility index (Phi) is 7.36. The molecule has 0 aliphatic heterocycles. The molecule has 0 amide bonds. The van der Waals surface area contributed by atoms with Crippen LogP contribution in [0, 0.1) is 0 Å². The van der Waals surface area contributed by atoms with Crippen molar-refractivity contribution in [1.82, 2.24) is 0 Å². The SMILES string of the molecule is CCOS(=O)(=O)COC(C)=O.Cl. The third-order valence-corrected chi connectivity index (χ3v) is 1.71. The van der Waals surface area contributed by atoms with Crippen LogP contribution in [0.2, 0.25) is 0 Å². The van der Waals surface area contributed by atoms with Crippen LogP contribution in [0.4, 0.5) is 0 Å². The first kappa shape index (κ1) is 14.2. The summed E-state index contributed by atoms with van der Waals surface area (Å²) < 4.78 is 29.8. The fourth-order valence-electron chi connectivity index (χ4n) is 0.369. The largest absolute Gasteiger partial charge is 0.447 e. The van der Waals surface area contributed by atoms with Crippen LogP contribution in [-0.2, 0) is 23.8 Å². The van der Waals surface area contributed by atoms with Gasteiger partial charge in [-0.05, 0) is 6.92 Å². The van der Waals surface area contributed by atoms with Gasteiger partial charge >= 0.3 is 16.1 Å². The molecule has 0 spiro atoms. The molecule has 0 radical (unpaired) electrons. The first-order chi connectivity index (χ1) is 4.98. The topological polar surface area (TPSA) is 69.7 Å². The van der Waals surface area contributed by atoms with Crippen molar-refractivity contribution in [1.29, 1.82) is 0 Å². The molecule has 74 valence electrons. The molecule has 0 aromatic heterocycles. The van der Waals surface area contributed by atoms with E-state index < -0.39 is 22.0 Å². The highest BCUT2D eigenvalue weighted by Crippen LogP contribution is 1.93. The lowest BCUT2D eigenvalue weighted by Gasteiger charge is -2.01. The van der Waals surface area contributed by atoms with Crippen LogP contribution in [0.5, 0.6) is 0 Å². The van der Waals surface area contributed by atoms with Crippen molar-refractivity contribution in [2.45, 2.75) is 13.8 Å². The van der Waals surface area contributed by atoms with Gasteiger partial charge in [-0.2, -0.15) is 8.42 Å². The average molecular weight is 219 g/mol. The van der Waals surface area contributed by atoms with Gasteiger partial charge in [0.2, 0.25) is 5.94 Å². The summed E-state index contributed by atoms with van der Waals surface area (Å²) in [4.78, 5) is 10.2. The van der Waals surface area contributed by atoms with Crippen molar-refractivity contribution in [2.24, 2.45) is 0 Å². The molecule has 0 aliphatic carbocycles. The molecule has 0 aromatic carbocycles. The maximum absolute atomic E-state index is 10.6. The molecule has 0 atom stereocenters. The monoisotopic (exact) mass is 218 g/mol. The first-order valence-electron chi connectivity index (χ1n) is 2.98. The maximum atomic E-state index is 10.6. The summed E-state index contributed by atoms with van der Waals surface area (Å²) in [6, 6.07) is 0. The van der Waals surface area contributed by atoms with Crippen molar-refractivity contribution in [3.05, 3.63) is 0 Å². The van der Waals surface area contributed by atoms with Gasteiger partial charge in [-0.1, -0.05) is 0 Å². The van der Waals surface area contributed by atoms with E-state index in [4.69, 9.17) is 0 Å². The van der Waals surface area contributed by atoms with Crippen molar-refractivity contribution in [3.8, 4) is 0 Å². The van der Waals surface area contributed by atoms with Crippen molar-refractivity contribution in [3.63, 3.8) is 0 Å². The standard InChI is InChI=1S/C5H10O5S.ClH/c1-3-10-11(7,8)4-9-5(2)6;/h3-4H2,1-2H3;1H. The Morgan fingerprint density at radius 1 is 1.42 bits per heavy atom. The van der Waals surface area contributed by atoms with Gasteiger partial charge in [0.05, 0.1) is 6.61 Å². The molecule has 5 nitrogen and oxygen atoms in total. The Morgan fingerprint density at radius 3 is 2.25 bits per heavy atom. The first-order valence-corrected chi connectivity index (χ1v) is 4.56. The number of esters is 1. The normalized spacial score (nSPS) is 10.2. The minimum Gasteiger partial charge on any atom is -0.447 e. The summed E-state index contributed by atoms with van der Waals surface area (Å²) in [5.41, 5.74) is 0. The minimum absolute atomic E-state index is 0. The molecule has 12 heavy (non-hydrogen) atoms. The Balaban J connectivity index is 0. The van der Waals surface area contributed by atoms with E-state index in [1.807, 2.05) is 0 Å². The summed E-state index contributed by atoms with van der Waals surface area (Å²) in [6.45, 7) is 2.70. The van der Waals surface area contributed by atoms with E-state index in [1.165, 1.54) is 6.92 Å². The number of carbonyl (C=O) groups is 1. The van der Waals surface area contributed by atoms with Gasteiger partial charge in [-0.15, -0.1) is 12.4 Å². The Labute approximate surface area is 77.6 Å². The van der Waals surface area contributed by atoms with Gasteiger partial charge in [0.15, 0.2) is 0 Å². The van der Waals surface area contributed by atoms with E-state index >= 15 is 0 Å². The highest BCUT2D eigenvalue weighted by atomic mass is 35.5. The molecular formula is C5H11ClO5S. The second-order valence-corrected chi connectivity index (χ2v) is 3.30. The van der Waals surface area contributed by atoms with Gasteiger partial charge in [-0.3, -0.25) is 8.98 Å². The number of halogens is 1. The second-order valence-electron chi connectivity index (χ2n) is 1.72. The van der Waals surface area contributed by atoms with Crippen LogP contribution in [0.1, 0.15) is 13.8 Å². The molecule has 0 saturated heterocycles. The second kappa shape index (κ2) is 6.22. The number of ether oxygens (including phenoxy) is 1. The van der Waals surface area contributed by atoms with Crippen molar-refractivity contribution in [2.75, 3.05) is 12.5 Å². The molecule has 7 heteroatoms. The van der Waals surface area contributed by atoms with E-state index in [0.29, 0.717) is 0 Å². The third-order valence-electron chi connectivity index (χ3n) is 0.704. The van der Waals surface area contributed by atoms with E-state index in [-0.39, 0.29) is 19.0 Å². The molecule has 0 unspecified atom stereocenters. The third kappa shape index (κ3) is 7.77. The predicted molar refractivity (Wildman–Crippen MR) is 44.4 cm³/mol. The van der Waals surface area contributed by atoms with Gasteiger partial charge in [0.25, 0.3) is 0 Å².